The molecule has 2 aliphatic rings. The normalized spacial score (nSPS) is 11.1. The van der Waals surface area contributed by atoms with Gasteiger partial charge in [-0.2, -0.15) is 0 Å². The molecule has 2 aromatic carbocycles. The highest BCUT2D eigenvalue weighted by molar-refractivity contribution is 6.01. The summed E-state index contributed by atoms with van der Waals surface area (Å²) in [5, 5.41) is 1.03. The van der Waals surface area contributed by atoms with E-state index in [9.17, 15) is 4.79 Å². The second-order valence-electron chi connectivity index (χ2n) is 6.71. The lowest BCUT2D eigenvalue weighted by molar-refractivity contribution is 0.306. The van der Waals surface area contributed by atoms with Gasteiger partial charge in [0, 0.05) is 22.6 Å². The molecule has 0 unspecified atom stereocenters. The highest BCUT2D eigenvalue weighted by atomic mass is 16.5. The van der Waals surface area contributed by atoms with E-state index in [1.54, 1.807) is 12.1 Å². The Labute approximate surface area is 158 Å². The Kier molecular flexibility index (Phi) is 4.93. The first-order valence-corrected chi connectivity index (χ1v) is 9.45. The molecule has 1 aliphatic carbocycles. The van der Waals surface area contributed by atoms with Crippen LogP contribution in [0.3, 0.4) is 0 Å². The minimum atomic E-state index is -0.0525. The Hall–Kier alpha value is -3.07. The quantitative estimate of drug-likeness (QED) is 0.307. The van der Waals surface area contributed by atoms with E-state index in [4.69, 9.17) is 9.15 Å². The fourth-order valence-corrected chi connectivity index (χ4v) is 3.39. The minimum Gasteiger partial charge on any atom is -0.494 e. The summed E-state index contributed by atoms with van der Waals surface area (Å²) in [5.41, 5.74) is 3.80. The van der Waals surface area contributed by atoms with Crippen LogP contribution in [0.1, 0.15) is 26.2 Å². The maximum Gasteiger partial charge on any atom is 0.182 e. The van der Waals surface area contributed by atoms with Crippen LogP contribution < -0.4 is 10.2 Å². The van der Waals surface area contributed by atoms with Crippen molar-refractivity contribution in [2.45, 2.75) is 26.2 Å². The lowest BCUT2D eigenvalue weighted by Crippen LogP contribution is -2.00. The zero-order chi connectivity index (χ0) is 18.6. The van der Waals surface area contributed by atoms with Gasteiger partial charge in [-0.15, -0.1) is 0 Å². The van der Waals surface area contributed by atoms with Crippen LogP contribution in [-0.2, 0) is 0 Å². The summed E-state index contributed by atoms with van der Waals surface area (Å²) in [6, 6.07) is 21.1. The fraction of sp³-hybridized carbons (Fsp3) is 0.208. The molecule has 27 heavy (non-hydrogen) atoms. The van der Waals surface area contributed by atoms with Crippen molar-refractivity contribution in [1.29, 1.82) is 0 Å². The highest BCUT2D eigenvalue weighted by Crippen LogP contribution is 2.39. The molecular formula is C24H22O3. The van der Waals surface area contributed by atoms with Crippen LogP contribution >= 0.6 is 0 Å². The summed E-state index contributed by atoms with van der Waals surface area (Å²) in [7, 11) is 0. The van der Waals surface area contributed by atoms with Gasteiger partial charge in [-0.3, -0.25) is 4.79 Å². The van der Waals surface area contributed by atoms with Gasteiger partial charge in [0.15, 0.2) is 5.43 Å². The lowest BCUT2D eigenvalue weighted by atomic mass is 9.94. The van der Waals surface area contributed by atoms with Gasteiger partial charge < -0.3 is 9.15 Å². The van der Waals surface area contributed by atoms with E-state index < -0.39 is 0 Å². The predicted octanol–water partition coefficient (Wildman–Crippen LogP) is 6.13. The number of para-hydroxylation sites is 1. The summed E-state index contributed by atoms with van der Waals surface area (Å²) < 4.78 is 11.8. The van der Waals surface area contributed by atoms with Crippen molar-refractivity contribution in [2.24, 2.45) is 0 Å². The number of rotatable bonds is 6. The molecule has 3 heteroatoms. The molecule has 0 atom stereocenters. The largest absolute Gasteiger partial charge is 0.494 e. The van der Waals surface area contributed by atoms with Gasteiger partial charge >= 0.3 is 0 Å². The zero-order valence-electron chi connectivity index (χ0n) is 15.4. The second-order valence-corrected chi connectivity index (χ2v) is 6.71. The maximum atomic E-state index is 11.8. The molecule has 0 saturated heterocycles. The molecular weight excluding hydrogens is 336 g/mol. The number of unbranched alkanes of at least 4 members (excludes halogenated alkanes) is 2. The number of benzene rings is 3. The maximum absolute atomic E-state index is 11.8. The van der Waals surface area contributed by atoms with Gasteiger partial charge in [-0.25, -0.2) is 0 Å². The van der Waals surface area contributed by atoms with Crippen molar-refractivity contribution in [2.75, 3.05) is 6.61 Å². The second kappa shape index (κ2) is 7.67. The number of hydrogen-bond donors (Lipinski definition) is 0. The van der Waals surface area contributed by atoms with Crippen LogP contribution in [0.5, 0.6) is 5.75 Å². The SMILES string of the molecule is CCCCCOc1ccc(-c2c3ccc(=O)cc-3oc3ccccc23)cc1. The van der Waals surface area contributed by atoms with Crippen LogP contribution in [-0.4, -0.2) is 6.61 Å². The van der Waals surface area contributed by atoms with Crippen molar-refractivity contribution in [3.63, 3.8) is 0 Å². The molecule has 2 aromatic rings. The Morgan fingerprint density at radius 2 is 1.74 bits per heavy atom. The monoisotopic (exact) mass is 358 g/mol. The molecule has 0 amide bonds. The van der Waals surface area contributed by atoms with Crippen LogP contribution in [0.25, 0.3) is 33.4 Å². The first kappa shape index (κ1) is 17.3. The Morgan fingerprint density at radius 1 is 0.926 bits per heavy atom. The Balaban J connectivity index is 1.77. The highest BCUT2D eigenvalue weighted by Gasteiger charge is 2.16. The van der Waals surface area contributed by atoms with E-state index in [1.165, 1.54) is 12.8 Å². The van der Waals surface area contributed by atoms with Gasteiger partial charge in [0.25, 0.3) is 0 Å². The van der Waals surface area contributed by atoms with Gasteiger partial charge in [0.1, 0.15) is 17.1 Å². The first-order valence-electron chi connectivity index (χ1n) is 9.45. The number of ether oxygens (including phenoxy) is 1. The average molecular weight is 358 g/mol. The van der Waals surface area contributed by atoms with Crippen molar-refractivity contribution >= 4 is 11.0 Å². The summed E-state index contributed by atoms with van der Waals surface area (Å²) in [6.07, 6.45) is 3.45. The van der Waals surface area contributed by atoms with Gasteiger partial charge in [0.2, 0.25) is 0 Å². The predicted molar refractivity (Wildman–Crippen MR) is 110 cm³/mol. The van der Waals surface area contributed by atoms with Crippen LogP contribution in [0.4, 0.5) is 0 Å². The van der Waals surface area contributed by atoms with Crippen molar-refractivity contribution in [1.82, 2.24) is 0 Å². The summed E-state index contributed by atoms with van der Waals surface area (Å²) in [4.78, 5) is 11.8. The molecule has 0 spiro atoms. The topological polar surface area (TPSA) is 39.4 Å². The van der Waals surface area contributed by atoms with Crippen molar-refractivity contribution in [3.8, 4) is 28.2 Å². The number of fused-ring (bicyclic) bond motifs is 2. The molecule has 0 N–H and O–H groups in total. The average Bonchev–Trinajstić information content (AvgIpc) is 2.70. The van der Waals surface area contributed by atoms with Crippen molar-refractivity contribution < 1.29 is 9.15 Å². The Morgan fingerprint density at radius 3 is 2.56 bits per heavy atom. The van der Waals surface area contributed by atoms with Gasteiger partial charge in [0.05, 0.1) is 6.61 Å². The molecule has 3 nitrogen and oxygen atoms in total. The first-order chi connectivity index (χ1) is 13.3. The molecule has 0 bridgehead atoms. The molecule has 0 saturated carbocycles. The third-order valence-electron chi connectivity index (χ3n) is 4.76. The smallest absolute Gasteiger partial charge is 0.182 e. The standard InChI is InChI=1S/C24H22O3/c1-2-3-6-15-26-19-12-9-17(10-13-19)24-20-7-4-5-8-22(20)27-23-16-18(25)11-14-21(23)24/h4-5,7-14,16H,2-3,6,15H2,1H3. The van der Waals surface area contributed by atoms with E-state index in [0.29, 0.717) is 5.76 Å². The third-order valence-corrected chi connectivity index (χ3v) is 4.76. The summed E-state index contributed by atoms with van der Waals surface area (Å²) >= 11 is 0. The zero-order valence-corrected chi connectivity index (χ0v) is 15.4. The van der Waals surface area contributed by atoms with E-state index >= 15 is 0 Å². The van der Waals surface area contributed by atoms with Gasteiger partial charge in [-0.05, 0) is 42.3 Å². The molecule has 0 aromatic heterocycles. The lowest BCUT2D eigenvalue weighted by Gasteiger charge is -2.15. The fourth-order valence-electron chi connectivity index (χ4n) is 3.39. The summed E-state index contributed by atoms with van der Waals surface area (Å²) in [5.74, 6) is 1.49. The van der Waals surface area contributed by atoms with Crippen LogP contribution in [0, 0.1) is 0 Å². The van der Waals surface area contributed by atoms with Crippen LogP contribution in [0.2, 0.25) is 0 Å². The van der Waals surface area contributed by atoms with E-state index in [2.05, 4.69) is 19.1 Å². The molecule has 4 rings (SSSR count). The summed E-state index contributed by atoms with van der Waals surface area (Å²) in [6.45, 7) is 2.93. The molecule has 1 aliphatic heterocycles. The van der Waals surface area contributed by atoms with E-state index in [0.717, 1.165) is 46.4 Å². The van der Waals surface area contributed by atoms with E-state index in [-0.39, 0.29) is 5.43 Å². The minimum absolute atomic E-state index is 0.0525. The molecule has 0 fully saturated rings. The Bertz CT molecular complexity index is 1080. The van der Waals surface area contributed by atoms with E-state index in [1.807, 2.05) is 42.5 Å². The van der Waals surface area contributed by atoms with Gasteiger partial charge in [-0.1, -0.05) is 50.1 Å². The number of hydrogen-bond acceptors (Lipinski definition) is 3. The molecule has 1 heterocycles. The van der Waals surface area contributed by atoms with Crippen LogP contribution in [0.15, 0.2) is 75.9 Å². The molecule has 136 valence electrons. The third kappa shape index (κ3) is 3.59. The van der Waals surface area contributed by atoms with Crippen molar-refractivity contribution in [3.05, 3.63) is 77.0 Å². The molecule has 0 radical (unpaired) electrons.